The minimum atomic E-state index is -3.52. The molecule has 1 aromatic rings. The molecule has 22 heavy (non-hydrogen) atoms. The lowest BCUT2D eigenvalue weighted by atomic mass is 10.1. The molecule has 6 nitrogen and oxygen atoms in total. The third-order valence-corrected chi connectivity index (χ3v) is 5.38. The van der Waals surface area contributed by atoms with Gasteiger partial charge < -0.3 is 10.2 Å². The van der Waals surface area contributed by atoms with Gasteiger partial charge in [0, 0.05) is 31.2 Å². The molecule has 2 rings (SSSR count). The summed E-state index contributed by atoms with van der Waals surface area (Å²) in [5.74, 6) is -0.0885. The maximum atomic E-state index is 12.4. The molecule has 1 fully saturated rings. The summed E-state index contributed by atoms with van der Waals surface area (Å²) in [6.45, 7) is 5.24. The van der Waals surface area contributed by atoms with Crippen LogP contribution in [0.4, 0.5) is 0 Å². The third-order valence-electron chi connectivity index (χ3n) is 3.70. The van der Waals surface area contributed by atoms with Crippen LogP contribution >= 0.6 is 0 Å². The van der Waals surface area contributed by atoms with Crippen molar-refractivity contribution in [2.24, 2.45) is 0 Å². The van der Waals surface area contributed by atoms with Gasteiger partial charge in [-0.05, 0) is 51.1 Å². The molecule has 2 N–H and O–H groups in total. The first-order valence-corrected chi connectivity index (χ1v) is 8.90. The molecule has 1 unspecified atom stereocenters. The predicted molar refractivity (Wildman–Crippen MR) is 85.3 cm³/mol. The molecule has 0 aliphatic carbocycles. The minimum absolute atomic E-state index is 0.0885. The Balaban J connectivity index is 2.13. The third kappa shape index (κ3) is 3.85. The number of likely N-dealkylation sites (N-methyl/N-ethyl adjacent to an activating group) is 1. The van der Waals surface area contributed by atoms with Crippen molar-refractivity contribution in [1.82, 2.24) is 14.9 Å². The molecule has 7 heteroatoms. The lowest BCUT2D eigenvalue weighted by Crippen LogP contribution is -2.38. The van der Waals surface area contributed by atoms with Crippen LogP contribution in [0.3, 0.4) is 0 Å². The molecule has 1 heterocycles. The monoisotopic (exact) mass is 325 g/mol. The zero-order valence-corrected chi connectivity index (χ0v) is 14.0. The van der Waals surface area contributed by atoms with Crippen molar-refractivity contribution in [1.29, 1.82) is 0 Å². The first kappa shape index (κ1) is 16.9. The second-order valence-corrected chi connectivity index (χ2v) is 7.58. The molecule has 1 aliphatic rings. The van der Waals surface area contributed by atoms with E-state index in [1.165, 1.54) is 12.1 Å². The van der Waals surface area contributed by atoms with Gasteiger partial charge in [-0.2, -0.15) is 0 Å². The summed E-state index contributed by atoms with van der Waals surface area (Å²) in [4.78, 5) is 14.3. The number of hydrogen-bond donors (Lipinski definition) is 2. The van der Waals surface area contributed by atoms with E-state index in [0.29, 0.717) is 5.56 Å². The minimum Gasteiger partial charge on any atom is -0.337 e. The maximum absolute atomic E-state index is 12.4. The van der Waals surface area contributed by atoms with E-state index in [1.54, 1.807) is 37.9 Å². The summed E-state index contributed by atoms with van der Waals surface area (Å²) >= 11 is 0. The van der Waals surface area contributed by atoms with Gasteiger partial charge in [0.25, 0.3) is 5.91 Å². The van der Waals surface area contributed by atoms with E-state index in [4.69, 9.17) is 0 Å². The smallest absolute Gasteiger partial charge is 0.253 e. The van der Waals surface area contributed by atoms with E-state index in [9.17, 15) is 13.2 Å². The highest BCUT2D eigenvalue weighted by Gasteiger charge is 2.24. The molecule has 0 spiro atoms. The highest BCUT2D eigenvalue weighted by atomic mass is 32.2. The molecule has 0 radical (unpaired) electrons. The summed E-state index contributed by atoms with van der Waals surface area (Å²) in [7, 11) is -1.74. The number of rotatable bonds is 5. The van der Waals surface area contributed by atoms with Gasteiger partial charge in [-0.1, -0.05) is 0 Å². The van der Waals surface area contributed by atoms with Crippen LogP contribution in [0.2, 0.25) is 0 Å². The molecule has 122 valence electrons. The van der Waals surface area contributed by atoms with E-state index >= 15 is 0 Å². The van der Waals surface area contributed by atoms with Crippen molar-refractivity contribution in [3.05, 3.63) is 29.8 Å². The Hall–Kier alpha value is -1.44. The van der Waals surface area contributed by atoms with Crippen LogP contribution in [0.5, 0.6) is 0 Å². The van der Waals surface area contributed by atoms with Crippen LogP contribution in [0.1, 0.15) is 30.6 Å². The van der Waals surface area contributed by atoms with Gasteiger partial charge in [0.2, 0.25) is 10.0 Å². The standard InChI is InChI=1S/C15H23N3O3S/c1-11(2)17-22(20,21)14-6-4-12(5-7-14)15(19)18(3)13-8-9-16-10-13/h4-7,11,13,16-17H,8-10H2,1-3H3. The van der Waals surface area contributed by atoms with E-state index < -0.39 is 10.0 Å². The Morgan fingerprint density at radius 1 is 1.32 bits per heavy atom. The molecular formula is C15H23N3O3S. The Morgan fingerprint density at radius 3 is 2.45 bits per heavy atom. The van der Waals surface area contributed by atoms with Gasteiger partial charge in [0.15, 0.2) is 0 Å². The van der Waals surface area contributed by atoms with E-state index in [-0.39, 0.29) is 22.9 Å². The van der Waals surface area contributed by atoms with Gasteiger partial charge >= 0.3 is 0 Å². The number of hydrogen-bond acceptors (Lipinski definition) is 4. The Kier molecular flexibility index (Phi) is 5.20. The van der Waals surface area contributed by atoms with Crippen LogP contribution in [-0.2, 0) is 10.0 Å². The van der Waals surface area contributed by atoms with Gasteiger partial charge in [0.05, 0.1) is 4.90 Å². The Morgan fingerprint density at radius 2 is 1.95 bits per heavy atom. The van der Waals surface area contributed by atoms with Crippen LogP contribution in [-0.4, -0.2) is 51.4 Å². The number of sulfonamides is 1. The lowest BCUT2D eigenvalue weighted by molar-refractivity contribution is 0.0743. The fourth-order valence-corrected chi connectivity index (χ4v) is 3.75. The molecule has 1 aromatic carbocycles. The van der Waals surface area contributed by atoms with Crippen molar-refractivity contribution >= 4 is 15.9 Å². The quantitative estimate of drug-likeness (QED) is 0.840. The first-order chi connectivity index (χ1) is 10.3. The Bertz CT molecular complexity index is 620. The largest absolute Gasteiger partial charge is 0.337 e. The topological polar surface area (TPSA) is 78.5 Å². The fraction of sp³-hybridized carbons (Fsp3) is 0.533. The molecule has 0 saturated carbocycles. The van der Waals surface area contributed by atoms with Crippen LogP contribution in [0.15, 0.2) is 29.2 Å². The maximum Gasteiger partial charge on any atom is 0.253 e. The summed E-state index contributed by atoms with van der Waals surface area (Å²) in [5.41, 5.74) is 0.498. The van der Waals surface area contributed by atoms with Crippen molar-refractivity contribution in [3.63, 3.8) is 0 Å². The van der Waals surface area contributed by atoms with Crippen LogP contribution < -0.4 is 10.0 Å². The van der Waals surface area contributed by atoms with E-state index in [0.717, 1.165) is 19.5 Å². The number of benzene rings is 1. The highest BCUT2D eigenvalue weighted by molar-refractivity contribution is 7.89. The molecule has 1 saturated heterocycles. The average molecular weight is 325 g/mol. The average Bonchev–Trinajstić information content (AvgIpc) is 2.98. The predicted octanol–water partition coefficient (Wildman–Crippen LogP) is 0.807. The molecule has 1 aliphatic heterocycles. The number of carbonyl (C=O) groups excluding carboxylic acids is 1. The van der Waals surface area contributed by atoms with Crippen molar-refractivity contribution in [2.45, 2.75) is 37.2 Å². The van der Waals surface area contributed by atoms with E-state index in [1.807, 2.05) is 0 Å². The zero-order valence-electron chi connectivity index (χ0n) is 13.2. The molecule has 1 amide bonds. The van der Waals surface area contributed by atoms with Crippen LogP contribution in [0.25, 0.3) is 0 Å². The van der Waals surface area contributed by atoms with Gasteiger partial charge in [-0.15, -0.1) is 0 Å². The number of nitrogens with one attached hydrogen (secondary N) is 2. The first-order valence-electron chi connectivity index (χ1n) is 7.41. The summed E-state index contributed by atoms with van der Waals surface area (Å²) in [6.07, 6.45) is 0.938. The van der Waals surface area contributed by atoms with Crippen molar-refractivity contribution in [3.8, 4) is 0 Å². The molecular weight excluding hydrogens is 302 g/mol. The summed E-state index contributed by atoms with van der Waals surface area (Å²) in [6, 6.07) is 6.09. The normalized spacial score (nSPS) is 18.6. The van der Waals surface area contributed by atoms with Crippen molar-refractivity contribution < 1.29 is 13.2 Å². The fourth-order valence-electron chi connectivity index (χ4n) is 2.49. The van der Waals surface area contributed by atoms with Crippen LogP contribution in [0, 0.1) is 0 Å². The van der Waals surface area contributed by atoms with E-state index in [2.05, 4.69) is 10.0 Å². The summed E-state index contributed by atoms with van der Waals surface area (Å²) in [5, 5.41) is 3.23. The number of amides is 1. The van der Waals surface area contributed by atoms with Gasteiger partial charge in [-0.3, -0.25) is 4.79 Å². The SMILES string of the molecule is CC(C)NS(=O)(=O)c1ccc(C(=O)N(C)C2CCNC2)cc1. The van der Waals surface area contributed by atoms with Gasteiger partial charge in [-0.25, -0.2) is 13.1 Å². The lowest BCUT2D eigenvalue weighted by Gasteiger charge is -2.23. The molecule has 1 atom stereocenters. The summed E-state index contributed by atoms with van der Waals surface area (Å²) < 4.78 is 26.6. The Labute approximate surface area is 131 Å². The number of nitrogens with zero attached hydrogens (tertiary/aromatic N) is 1. The zero-order chi connectivity index (χ0) is 16.3. The molecule has 0 bridgehead atoms. The second kappa shape index (κ2) is 6.76. The number of carbonyl (C=O) groups is 1. The van der Waals surface area contributed by atoms with Gasteiger partial charge in [0.1, 0.15) is 0 Å². The second-order valence-electron chi connectivity index (χ2n) is 5.86. The molecule has 0 aromatic heterocycles. The highest BCUT2D eigenvalue weighted by Crippen LogP contribution is 2.15. The van der Waals surface area contributed by atoms with Crippen molar-refractivity contribution in [2.75, 3.05) is 20.1 Å².